The van der Waals surface area contributed by atoms with Crippen LogP contribution in [0, 0.1) is 0 Å². The van der Waals surface area contributed by atoms with Crippen molar-refractivity contribution in [1.82, 2.24) is 10.3 Å². The van der Waals surface area contributed by atoms with Crippen LogP contribution in [-0.4, -0.2) is 31.2 Å². The number of carbonyl (C=O) groups is 1. The molecule has 0 aliphatic heterocycles. The third-order valence-electron chi connectivity index (χ3n) is 3.32. The highest BCUT2D eigenvalue weighted by molar-refractivity contribution is 5.98. The lowest BCUT2D eigenvalue weighted by atomic mass is 9.87. The Morgan fingerprint density at radius 3 is 2.70 bits per heavy atom. The Morgan fingerprint density at radius 2 is 2.05 bits per heavy atom. The Labute approximate surface area is 119 Å². The fraction of sp³-hybridized carbons (Fsp3) is 0.438. The van der Waals surface area contributed by atoms with Crippen LogP contribution < -0.4 is 5.32 Å². The largest absolute Gasteiger partial charge is 0.383 e. The molecule has 1 heterocycles. The lowest BCUT2D eigenvalue weighted by Crippen LogP contribution is -2.27. The fourth-order valence-electron chi connectivity index (χ4n) is 2.08. The van der Waals surface area contributed by atoms with E-state index in [2.05, 4.69) is 49.3 Å². The number of nitrogens with one attached hydrogen (secondary N) is 2. The van der Waals surface area contributed by atoms with Crippen molar-refractivity contribution in [3.63, 3.8) is 0 Å². The quantitative estimate of drug-likeness (QED) is 0.842. The van der Waals surface area contributed by atoms with E-state index in [1.165, 1.54) is 5.56 Å². The molecule has 0 spiro atoms. The van der Waals surface area contributed by atoms with Gasteiger partial charge in [0.1, 0.15) is 5.69 Å². The van der Waals surface area contributed by atoms with Crippen LogP contribution in [0.15, 0.2) is 24.3 Å². The van der Waals surface area contributed by atoms with Gasteiger partial charge in [-0.05, 0) is 23.1 Å². The van der Waals surface area contributed by atoms with Gasteiger partial charge >= 0.3 is 0 Å². The monoisotopic (exact) mass is 274 g/mol. The van der Waals surface area contributed by atoms with Crippen LogP contribution in [0.3, 0.4) is 0 Å². The molecule has 2 N–H and O–H groups in total. The van der Waals surface area contributed by atoms with Gasteiger partial charge in [-0.25, -0.2) is 0 Å². The summed E-state index contributed by atoms with van der Waals surface area (Å²) < 4.78 is 4.92. The van der Waals surface area contributed by atoms with Gasteiger partial charge in [0.25, 0.3) is 5.91 Å². The smallest absolute Gasteiger partial charge is 0.267 e. The molecule has 2 aromatic rings. The number of ether oxygens (including phenoxy) is 1. The van der Waals surface area contributed by atoms with Gasteiger partial charge in [-0.3, -0.25) is 4.79 Å². The maximum absolute atomic E-state index is 12.0. The number of benzene rings is 1. The van der Waals surface area contributed by atoms with E-state index in [-0.39, 0.29) is 11.3 Å². The number of methoxy groups -OCH3 is 1. The SMILES string of the molecule is COCCNC(=O)c1cc2ccc(C(C)(C)C)cc2[nH]1. The maximum atomic E-state index is 12.0. The molecule has 1 amide bonds. The second-order valence-electron chi connectivity index (χ2n) is 5.98. The maximum Gasteiger partial charge on any atom is 0.267 e. The predicted molar refractivity (Wildman–Crippen MR) is 81.2 cm³/mol. The summed E-state index contributed by atoms with van der Waals surface area (Å²) in [6, 6.07) is 8.16. The number of rotatable bonds is 4. The molecule has 2 rings (SSSR count). The molecular weight excluding hydrogens is 252 g/mol. The molecule has 108 valence electrons. The number of amides is 1. The van der Waals surface area contributed by atoms with E-state index < -0.39 is 0 Å². The molecule has 0 bridgehead atoms. The van der Waals surface area contributed by atoms with Crippen LogP contribution >= 0.6 is 0 Å². The van der Waals surface area contributed by atoms with E-state index in [1.807, 2.05) is 6.07 Å². The van der Waals surface area contributed by atoms with E-state index >= 15 is 0 Å². The van der Waals surface area contributed by atoms with Crippen LogP contribution in [0.5, 0.6) is 0 Å². The summed E-state index contributed by atoms with van der Waals surface area (Å²) in [5, 5.41) is 3.86. The molecule has 0 aliphatic carbocycles. The molecule has 0 saturated carbocycles. The van der Waals surface area contributed by atoms with Crippen molar-refractivity contribution >= 4 is 16.8 Å². The lowest BCUT2D eigenvalue weighted by Gasteiger charge is -2.18. The number of aromatic amines is 1. The molecule has 4 nitrogen and oxygen atoms in total. The fourth-order valence-corrected chi connectivity index (χ4v) is 2.08. The Balaban J connectivity index is 2.23. The number of carbonyl (C=O) groups excluding carboxylic acids is 1. The first-order valence-electron chi connectivity index (χ1n) is 6.82. The minimum atomic E-state index is -0.101. The number of hydrogen-bond donors (Lipinski definition) is 2. The molecule has 4 heteroatoms. The minimum absolute atomic E-state index is 0.0974. The molecule has 0 saturated heterocycles. The molecule has 1 aromatic heterocycles. The Bertz CT molecular complexity index is 608. The van der Waals surface area contributed by atoms with Gasteiger partial charge in [-0.15, -0.1) is 0 Å². The van der Waals surface area contributed by atoms with Crippen molar-refractivity contribution < 1.29 is 9.53 Å². The minimum Gasteiger partial charge on any atom is -0.383 e. The second-order valence-corrected chi connectivity index (χ2v) is 5.98. The second kappa shape index (κ2) is 5.67. The van der Waals surface area contributed by atoms with Crippen LogP contribution in [0.2, 0.25) is 0 Å². The average Bonchev–Trinajstić information content (AvgIpc) is 2.80. The molecule has 0 aliphatic rings. The van der Waals surface area contributed by atoms with Gasteiger partial charge in [0.2, 0.25) is 0 Å². The van der Waals surface area contributed by atoms with Crippen molar-refractivity contribution in [1.29, 1.82) is 0 Å². The topological polar surface area (TPSA) is 54.1 Å². The molecule has 0 fully saturated rings. The van der Waals surface area contributed by atoms with Gasteiger partial charge in [0, 0.05) is 24.6 Å². The zero-order chi connectivity index (χ0) is 14.8. The molecule has 0 atom stereocenters. The normalized spacial score (nSPS) is 11.8. The number of H-pyrrole nitrogens is 1. The first-order valence-corrected chi connectivity index (χ1v) is 6.82. The lowest BCUT2D eigenvalue weighted by molar-refractivity contribution is 0.0933. The van der Waals surface area contributed by atoms with E-state index in [9.17, 15) is 4.79 Å². The van der Waals surface area contributed by atoms with Crippen LogP contribution in [0.4, 0.5) is 0 Å². The van der Waals surface area contributed by atoms with Crippen LogP contribution in [0.25, 0.3) is 10.9 Å². The number of aromatic nitrogens is 1. The van der Waals surface area contributed by atoms with E-state index in [4.69, 9.17) is 4.74 Å². The zero-order valence-electron chi connectivity index (χ0n) is 12.5. The van der Waals surface area contributed by atoms with Crippen molar-refractivity contribution in [3.8, 4) is 0 Å². The summed E-state index contributed by atoms with van der Waals surface area (Å²) in [6.45, 7) is 7.55. The van der Waals surface area contributed by atoms with Crippen LogP contribution in [0.1, 0.15) is 36.8 Å². The van der Waals surface area contributed by atoms with Gasteiger partial charge in [-0.2, -0.15) is 0 Å². The Hall–Kier alpha value is -1.81. The molecular formula is C16H22N2O2. The molecule has 1 aromatic carbocycles. The van der Waals surface area contributed by atoms with Crippen molar-refractivity contribution in [2.45, 2.75) is 26.2 Å². The van der Waals surface area contributed by atoms with Crippen molar-refractivity contribution in [2.24, 2.45) is 0 Å². The summed E-state index contributed by atoms with van der Waals surface area (Å²) >= 11 is 0. The van der Waals surface area contributed by atoms with E-state index in [0.717, 1.165) is 10.9 Å². The number of fused-ring (bicyclic) bond motifs is 1. The standard InChI is InChI=1S/C16H22N2O2/c1-16(2,3)12-6-5-11-9-14(18-13(11)10-12)15(19)17-7-8-20-4/h5-6,9-10,18H,7-8H2,1-4H3,(H,17,19). The number of hydrogen-bond acceptors (Lipinski definition) is 2. The summed E-state index contributed by atoms with van der Waals surface area (Å²) in [7, 11) is 1.61. The van der Waals surface area contributed by atoms with Crippen molar-refractivity contribution in [3.05, 3.63) is 35.5 Å². The van der Waals surface area contributed by atoms with Gasteiger partial charge in [0.15, 0.2) is 0 Å². The highest BCUT2D eigenvalue weighted by atomic mass is 16.5. The Morgan fingerprint density at radius 1 is 1.30 bits per heavy atom. The molecule has 0 radical (unpaired) electrons. The first kappa shape index (κ1) is 14.6. The third kappa shape index (κ3) is 3.20. The summed E-state index contributed by atoms with van der Waals surface area (Å²) in [5.41, 5.74) is 2.93. The van der Waals surface area contributed by atoms with Gasteiger partial charge in [-0.1, -0.05) is 32.9 Å². The Kier molecular flexibility index (Phi) is 4.14. The summed E-state index contributed by atoms with van der Waals surface area (Å²) in [4.78, 5) is 15.2. The average molecular weight is 274 g/mol. The molecule has 0 unspecified atom stereocenters. The first-order chi connectivity index (χ1) is 9.41. The van der Waals surface area contributed by atoms with E-state index in [1.54, 1.807) is 7.11 Å². The highest BCUT2D eigenvalue weighted by Crippen LogP contribution is 2.26. The highest BCUT2D eigenvalue weighted by Gasteiger charge is 2.15. The van der Waals surface area contributed by atoms with Crippen LogP contribution in [-0.2, 0) is 10.2 Å². The zero-order valence-corrected chi connectivity index (χ0v) is 12.5. The van der Waals surface area contributed by atoms with Gasteiger partial charge in [0.05, 0.1) is 6.61 Å². The summed E-state index contributed by atoms with van der Waals surface area (Å²) in [5.74, 6) is -0.101. The van der Waals surface area contributed by atoms with E-state index in [0.29, 0.717) is 18.8 Å². The summed E-state index contributed by atoms with van der Waals surface area (Å²) in [6.07, 6.45) is 0. The van der Waals surface area contributed by atoms with Gasteiger partial charge < -0.3 is 15.0 Å². The molecule has 20 heavy (non-hydrogen) atoms. The third-order valence-corrected chi connectivity index (χ3v) is 3.32. The van der Waals surface area contributed by atoms with Crippen molar-refractivity contribution in [2.75, 3.05) is 20.3 Å². The predicted octanol–water partition coefficient (Wildman–Crippen LogP) is 2.84.